The topological polar surface area (TPSA) is 47.9 Å². The number of aromatic nitrogens is 3. The van der Waals surface area contributed by atoms with Gasteiger partial charge in [-0.05, 0) is 48.4 Å². The average molecular weight is 456 g/mol. The van der Waals surface area contributed by atoms with Crippen LogP contribution in [0.5, 0.6) is 5.88 Å². The lowest BCUT2D eigenvalue weighted by Gasteiger charge is -2.15. The van der Waals surface area contributed by atoms with E-state index in [-0.39, 0.29) is 0 Å². The predicted molar refractivity (Wildman–Crippen MR) is 139 cm³/mol. The minimum absolute atomic E-state index is 0.608. The lowest BCUT2D eigenvalue weighted by atomic mass is 9.95. The maximum absolute atomic E-state index is 5.98. The smallest absolute Gasteiger partial charge is 0.221 e. The Hall–Kier alpha value is -1.75. The van der Waals surface area contributed by atoms with E-state index in [2.05, 4.69) is 55.0 Å². The van der Waals surface area contributed by atoms with Crippen molar-refractivity contribution in [3.05, 3.63) is 36.0 Å². The summed E-state index contributed by atoms with van der Waals surface area (Å²) in [5.74, 6) is 2.26. The lowest BCUT2D eigenvalue weighted by molar-refractivity contribution is 0.412. The highest BCUT2D eigenvalue weighted by Gasteiger charge is 2.09. The molecule has 0 aliphatic carbocycles. The Morgan fingerprint density at radius 2 is 1.53 bits per heavy atom. The van der Waals surface area contributed by atoms with E-state index in [9.17, 15) is 0 Å². The van der Waals surface area contributed by atoms with Crippen molar-refractivity contribution in [3.63, 3.8) is 0 Å². The maximum atomic E-state index is 5.98. The standard InChI is InChI=1S/C27H45N3OSi/c1-5-7-9-10-11-13-24-16-17-25(28-20-24)26-18-19-27(30-29-26)31-32-21-23(4)15-14-22(3)12-8-6-2/h16-20,22-23H,5-15,21,32H2,1-4H3. The largest absolute Gasteiger partial charge is 0.535 e. The summed E-state index contributed by atoms with van der Waals surface area (Å²) in [6, 6.07) is 9.35. The monoisotopic (exact) mass is 455 g/mol. The molecule has 4 nitrogen and oxygen atoms in total. The fourth-order valence-corrected chi connectivity index (χ4v) is 5.14. The quantitative estimate of drug-likeness (QED) is 0.187. The summed E-state index contributed by atoms with van der Waals surface area (Å²) in [5, 5.41) is 8.63. The van der Waals surface area contributed by atoms with Gasteiger partial charge in [-0.2, -0.15) is 0 Å². The van der Waals surface area contributed by atoms with Crippen molar-refractivity contribution < 1.29 is 4.43 Å². The van der Waals surface area contributed by atoms with Crippen LogP contribution in [0.1, 0.15) is 97.5 Å². The lowest BCUT2D eigenvalue weighted by Crippen LogP contribution is -2.09. The van der Waals surface area contributed by atoms with Crippen LogP contribution in [0.2, 0.25) is 6.04 Å². The summed E-state index contributed by atoms with van der Waals surface area (Å²) >= 11 is 0. The maximum Gasteiger partial charge on any atom is 0.221 e. The molecule has 178 valence electrons. The number of unbranched alkanes of at least 4 members (excludes halogenated alkanes) is 5. The van der Waals surface area contributed by atoms with Gasteiger partial charge in [-0.15, -0.1) is 10.2 Å². The fraction of sp³-hybridized carbons (Fsp3) is 0.667. The molecule has 5 heteroatoms. The molecule has 2 rings (SSSR count). The van der Waals surface area contributed by atoms with E-state index in [0.29, 0.717) is 5.88 Å². The molecule has 32 heavy (non-hydrogen) atoms. The zero-order valence-corrected chi connectivity index (χ0v) is 22.4. The van der Waals surface area contributed by atoms with Crippen LogP contribution in [0.15, 0.2) is 30.5 Å². The molecule has 0 aliphatic heterocycles. The number of aryl methyl sites for hydroxylation is 1. The first-order valence-corrected chi connectivity index (χ1v) is 14.6. The second-order valence-corrected chi connectivity index (χ2v) is 10.8. The van der Waals surface area contributed by atoms with Crippen molar-refractivity contribution in [3.8, 4) is 17.3 Å². The van der Waals surface area contributed by atoms with Crippen molar-refractivity contribution in [1.29, 1.82) is 0 Å². The summed E-state index contributed by atoms with van der Waals surface area (Å²) in [4.78, 5) is 4.60. The molecule has 0 aliphatic rings. The van der Waals surface area contributed by atoms with Crippen LogP contribution in [0.3, 0.4) is 0 Å². The number of nitrogens with zero attached hydrogens (tertiary/aromatic N) is 3. The highest BCUT2D eigenvalue weighted by Crippen LogP contribution is 2.20. The summed E-state index contributed by atoms with van der Waals surface area (Å²) in [6.07, 6.45) is 16.3. The van der Waals surface area contributed by atoms with Crippen LogP contribution in [0.4, 0.5) is 0 Å². The van der Waals surface area contributed by atoms with Crippen LogP contribution < -0.4 is 4.43 Å². The molecule has 2 heterocycles. The minimum atomic E-state index is -0.608. The molecular weight excluding hydrogens is 410 g/mol. The third-order valence-electron chi connectivity index (χ3n) is 6.36. The average Bonchev–Trinajstić information content (AvgIpc) is 2.82. The molecule has 0 N–H and O–H groups in total. The molecule has 0 saturated carbocycles. The van der Waals surface area contributed by atoms with Crippen LogP contribution in [-0.4, -0.2) is 24.9 Å². The van der Waals surface area contributed by atoms with E-state index in [1.54, 1.807) is 0 Å². The molecule has 2 unspecified atom stereocenters. The molecule has 0 amide bonds. The normalized spacial score (nSPS) is 13.5. The van der Waals surface area contributed by atoms with Crippen molar-refractivity contribution in [1.82, 2.24) is 15.2 Å². The second kappa shape index (κ2) is 16.0. The molecule has 2 aromatic rings. The highest BCUT2D eigenvalue weighted by molar-refractivity contribution is 6.28. The molecule has 2 atom stereocenters. The van der Waals surface area contributed by atoms with Gasteiger partial charge in [0, 0.05) is 12.3 Å². The van der Waals surface area contributed by atoms with E-state index in [1.165, 1.54) is 75.8 Å². The molecular formula is C27H45N3OSi. The molecule has 0 aromatic carbocycles. The summed E-state index contributed by atoms with van der Waals surface area (Å²) in [7, 11) is -0.608. The summed E-state index contributed by atoms with van der Waals surface area (Å²) in [5.41, 5.74) is 2.99. The Morgan fingerprint density at radius 1 is 0.781 bits per heavy atom. The Kier molecular flexibility index (Phi) is 13.2. The Balaban J connectivity index is 1.69. The Bertz CT molecular complexity index is 721. The van der Waals surface area contributed by atoms with Gasteiger partial charge in [0.25, 0.3) is 0 Å². The fourth-order valence-electron chi connectivity index (χ4n) is 3.97. The molecule has 0 radical (unpaired) electrons. The summed E-state index contributed by atoms with van der Waals surface area (Å²) in [6.45, 7) is 9.28. The molecule has 0 bridgehead atoms. The number of rotatable bonds is 17. The van der Waals surface area contributed by atoms with Gasteiger partial charge in [0.15, 0.2) is 0 Å². The Morgan fingerprint density at radius 3 is 2.22 bits per heavy atom. The molecule has 0 saturated heterocycles. The third kappa shape index (κ3) is 10.7. The first-order chi connectivity index (χ1) is 15.6. The minimum Gasteiger partial charge on any atom is -0.535 e. The van der Waals surface area contributed by atoms with Gasteiger partial charge in [0.05, 0.1) is 5.69 Å². The van der Waals surface area contributed by atoms with E-state index in [0.717, 1.165) is 29.6 Å². The Labute approximate surface area is 198 Å². The van der Waals surface area contributed by atoms with Gasteiger partial charge in [0.1, 0.15) is 5.69 Å². The van der Waals surface area contributed by atoms with Crippen molar-refractivity contribution >= 4 is 9.76 Å². The van der Waals surface area contributed by atoms with Crippen LogP contribution in [0, 0.1) is 11.8 Å². The van der Waals surface area contributed by atoms with E-state index in [1.807, 2.05) is 18.3 Å². The first kappa shape index (κ1) is 26.5. The van der Waals surface area contributed by atoms with Gasteiger partial charge in [0.2, 0.25) is 15.6 Å². The third-order valence-corrected chi connectivity index (χ3v) is 8.08. The van der Waals surface area contributed by atoms with E-state index >= 15 is 0 Å². The summed E-state index contributed by atoms with van der Waals surface area (Å²) < 4.78 is 5.98. The van der Waals surface area contributed by atoms with Crippen LogP contribution >= 0.6 is 0 Å². The molecule has 0 spiro atoms. The van der Waals surface area contributed by atoms with Crippen molar-refractivity contribution in [2.24, 2.45) is 11.8 Å². The van der Waals surface area contributed by atoms with Crippen LogP contribution in [0.25, 0.3) is 11.4 Å². The predicted octanol–water partition coefficient (Wildman–Crippen LogP) is 7.18. The van der Waals surface area contributed by atoms with Crippen molar-refractivity contribution in [2.45, 2.75) is 104 Å². The van der Waals surface area contributed by atoms with Gasteiger partial charge < -0.3 is 4.43 Å². The zero-order valence-electron chi connectivity index (χ0n) is 21.0. The zero-order chi connectivity index (χ0) is 23.0. The molecule has 0 fully saturated rings. The SMILES string of the molecule is CCCCCCCc1ccc(-c2ccc(O[SiH2]CC(C)CCC(C)CCCC)nn2)nc1. The highest BCUT2D eigenvalue weighted by atomic mass is 28.2. The van der Waals surface area contributed by atoms with Gasteiger partial charge in [-0.3, -0.25) is 4.98 Å². The van der Waals surface area contributed by atoms with Gasteiger partial charge >= 0.3 is 0 Å². The van der Waals surface area contributed by atoms with E-state index < -0.39 is 9.76 Å². The van der Waals surface area contributed by atoms with E-state index in [4.69, 9.17) is 4.43 Å². The van der Waals surface area contributed by atoms with Crippen molar-refractivity contribution in [2.75, 3.05) is 0 Å². The molecule has 2 aromatic heterocycles. The second-order valence-electron chi connectivity index (χ2n) is 9.54. The van der Waals surface area contributed by atoms with Gasteiger partial charge in [-0.1, -0.05) is 91.5 Å². The van der Waals surface area contributed by atoms with Crippen LogP contribution in [-0.2, 0) is 6.42 Å². The number of pyridine rings is 1. The number of hydrogen-bond donors (Lipinski definition) is 0. The van der Waals surface area contributed by atoms with Gasteiger partial charge in [-0.25, -0.2) is 0 Å². The number of hydrogen-bond acceptors (Lipinski definition) is 4. The first-order valence-electron chi connectivity index (χ1n) is 13.0.